The van der Waals surface area contributed by atoms with Crippen LogP contribution in [0.15, 0.2) is 41.3 Å². The molecule has 0 radical (unpaired) electrons. The van der Waals surface area contributed by atoms with Gasteiger partial charge in [0.2, 0.25) is 0 Å². The second kappa shape index (κ2) is 10.6. The fraction of sp³-hybridized carbons (Fsp3) is 0.269. The third-order valence-electron chi connectivity index (χ3n) is 5.37. The Labute approximate surface area is 210 Å². The normalized spacial score (nSPS) is 12.9. The van der Waals surface area contributed by atoms with Gasteiger partial charge < -0.3 is 9.84 Å². The molecule has 0 aliphatic rings. The quantitative estimate of drug-likeness (QED) is 0.340. The van der Waals surface area contributed by atoms with Crippen molar-refractivity contribution in [2.75, 3.05) is 12.4 Å². The Bertz CT molecular complexity index is 1320. The summed E-state index contributed by atoms with van der Waals surface area (Å²) >= 11 is 1.02. The highest BCUT2D eigenvalue weighted by atomic mass is 32.1. The van der Waals surface area contributed by atoms with Crippen molar-refractivity contribution >= 4 is 34.4 Å². The number of ether oxygens (including phenoxy) is 1. The maximum absolute atomic E-state index is 15.4. The maximum atomic E-state index is 15.4. The van der Waals surface area contributed by atoms with Gasteiger partial charge in [-0.15, -0.1) is 11.3 Å². The van der Waals surface area contributed by atoms with Crippen molar-refractivity contribution in [3.8, 4) is 11.3 Å². The van der Waals surface area contributed by atoms with E-state index in [1.165, 1.54) is 14.0 Å². The highest BCUT2D eigenvalue weighted by molar-refractivity contribution is 7.14. The molecule has 0 fully saturated rings. The van der Waals surface area contributed by atoms with Gasteiger partial charge in [0, 0.05) is 40.3 Å². The van der Waals surface area contributed by atoms with Crippen LogP contribution >= 0.6 is 11.3 Å². The van der Waals surface area contributed by atoms with Crippen LogP contribution in [0.5, 0.6) is 0 Å². The van der Waals surface area contributed by atoms with E-state index in [4.69, 9.17) is 9.84 Å². The number of methoxy groups -OCH3 is 1. The van der Waals surface area contributed by atoms with Crippen LogP contribution in [-0.4, -0.2) is 29.1 Å². The largest absolute Gasteiger partial charge is 0.478 e. The molecule has 3 aromatic rings. The summed E-state index contributed by atoms with van der Waals surface area (Å²) in [5, 5.41) is 13.0. The summed E-state index contributed by atoms with van der Waals surface area (Å²) in [4.78, 5) is 27.8. The standard InChI is InChI=1S/C26H25F3N2O4S/c1-13(24(33)34)9-17-18(27)10-14(11-19(17)28)23(32)31-25-30-20(12-36-25)15-7-6-8-16(21(15)29)22(35-5)26(2,3)4/h6-12,22H,1-5H3,(H,33,34)(H,30,31,32)/b13-9+. The minimum Gasteiger partial charge on any atom is -0.478 e. The van der Waals surface area contributed by atoms with Crippen LogP contribution in [0.3, 0.4) is 0 Å². The maximum Gasteiger partial charge on any atom is 0.331 e. The van der Waals surface area contributed by atoms with E-state index in [-0.39, 0.29) is 32.9 Å². The van der Waals surface area contributed by atoms with Gasteiger partial charge in [0.15, 0.2) is 5.13 Å². The number of carboxylic acid groups (broad SMARTS) is 1. The van der Waals surface area contributed by atoms with Gasteiger partial charge in [-0.25, -0.2) is 22.9 Å². The number of anilines is 1. The van der Waals surface area contributed by atoms with Gasteiger partial charge >= 0.3 is 5.97 Å². The van der Waals surface area contributed by atoms with E-state index in [2.05, 4.69) is 10.3 Å². The molecule has 0 aliphatic carbocycles. The first-order chi connectivity index (χ1) is 16.8. The zero-order chi connectivity index (χ0) is 26.8. The molecule has 0 saturated carbocycles. The van der Waals surface area contributed by atoms with Gasteiger partial charge in [0.1, 0.15) is 17.5 Å². The predicted molar refractivity (Wildman–Crippen MR) is 132 cm³/mol. The van der Waals surface area contributed by atoms with Crippen molar-refractivity contribution in [3.05, 3.63) is 75.4 Å². The lowest BCUT2D eigenvalue weighted by Gasteiger charge is -2.30. The summed E-state index contributed by atoms with van der Waals surface area (Å²) in [6.45, 7) is 7.00. The lowest BCUT2D eigenvalue weighted by molar-refractivity contribution is -0.132. The first kappa shape index (κ1) is 27.1. The van der Waals surface area contributed by atoms with E-state index in [1.807, 2.05) is 20.8 Å². The predicted octanol–water partition coefficient (Wildman–Crippen LogP) is 6.70. The van der Waals surface area contributed by atoms with E-state index in [0.29, 0.717) is 5.56 Å². The molecule has 1 atom stereocenters. The molecule has 2 aromatic carbocycles. The number of thiazole rings is 1. The van der Waals surface area contributed by atoms with Crippen LogP contribution in [0.1, 0.15) is 55.3 Å². The Morgan fingerprint density at radius 2 is 1.81 bits per heavy atom. The molecule has 1 unspecified atom stereocenters. The Morgan fingerprint density at radius 3 is 2.36 bits per heavy atom. The summed E-state index contributed by atoms with van der Waals surface area (Å²) in [7, 11) is 1.51. The number of carboxylic acids is 1. The number of hydrogen-bond donors (Lipinski definition) is 2. The van der Waals surface area contributed by atoms with E-state index in [0.717, 1.165) is 29.5 Å². The highest BCUT2D eigenvalue weighted by Crippen LogP contribution is 2.39. The molecule has 0 spiro atoms. The molecule has 1 amide bonds. The van der Waals surface area contributed by atoms with Crippen molar-refractivity contribution in [1.29, 1.82) is 0 Å². The average Bonchev–Trinajstić information content (AvgIpc) is 3.24. The lowest BCUT2D eigenvalue weighted by atomic mass is 9.83. The highest BCUT2D eigenvalue weighted by Gasteiger charge is 2.30. The molecular weight excluding hydrogens is 493 g/mol. The summed E-state index contributed by atoms with van der Waals surface area (Å²) in [6, 6.07) is 6.50. The van der Waals surface area contributed by atoms with Gasteiger partial charge in [-0.05, 0) is 36.6 Å². The number of carbonyl (C=O) groups excluding carboxylic acids is 1. The zero-order valence-electron chi connectivity index (χ0n) is 20.3. The smallest absolute Gasteiger partial charge is 0.331 e. The second-order valence-electron chi connectivity index (χ2n) is 9.17. The van der Waals surface area contributed by atoms with Gasteiger partial charge in [-0.1, -0.05) is 32.9 Å². The van der Waals surface area contributed by atoms with E-state index >= 15 is 4.39 Å². The van der Waals surface area contributed by atoms with Gasteiger partial charge in [-0.3, -0.25) is 10.1 Å². The van der Waals surface area contributed by atoms with E-state index in [1.54, 1.807) is 23.6 Å². The Morgan fingerprint density at radius 1 is 1.17 bits per heavy atom. The Balaban J connectivity index is 1.86. The number of carbonyl (C=O) groups is 2. The molecule has 0 bridgehead atoms. The first-order valence-electron chi connectivity index (χ1n) is 10.8. The van der Waals surface area contributed by atoms with Gasteiger partial charge in [0.25, 0.3) is 5.91 Å². The van der Waals surface area contributed by atoms with Crippen LogP contribution in [-0.2, 0) is 9.53 Å². The minimum absolute atomic E-state index is 0.102. The fourth-order valence-corrected chi connectivity index (χ4v) is 4.36. The van der Waals surface area contributed by atoms with E-state index < -0.39 is 41.0 Å². The first-order valence-corrected chi connectivity index (χ1v) is 11.7. The third kappa shape index (κ3) is 5.83. The number of nitrogens with one attached hydrogen (secondary N) is 1. The van der Waals surface area contributed by atoms with Gasteiger partial charge in [0.05, 0.1) is 11.8 Å². The molecule has 3 rings (SSSR count). The Hall–Kier alpha value is -3.50. The van der Waals surface area contributed by atoms with Crippen LogP contribution in [0.4, 0.5) is 18.3 Å². The van der Waals surface area contributed by atoms with Crippen LogP contribution in [0.25, 0.3) is 17.3 Å². The number of aliphatic carboxylic acids is 1. The molecule has 36 heavy (non-hydrogen) atoms. The van der Waals surface area contributed by atoms with Crippen LogP contribution in [0, 0.1) is 22.9 Å². The number of rotatable bonds is 7. The van der Waals surface area contributed by atoms with Crippen molar-refractivity contribution in [1.82, 2.24) is 4.98 Å². The lowest BCUT2D eigenvalue weighted by Crippen LogP contribution is -2.21. The molecule has 190 valence electrons. The van der Waals surface area contributed by atoms with Crippen LogP contribution < -0.4 is 5.32 Å². The molecule has 2 N–H and O–H groups in total. The number of halogens is 3. The fourth-order valence-electron chi connectivity index (χ4n) is 3.65. The monoisotopic (exact) mass is 518 g/mol. The van der Waals surface area contributed by atoms with Gasteiger partial charge in [-0.2, -0.15) is 0 Å². The molecule has 6 nitrogen and oxygen atoms in total. The summed E-state index contributed by atoms with van der Waals surface area (Å²) in [5.74, 6) is -4.84. The minimum atomic E-state index is -1.33. The van der Waals surface area contributed by atoms with Crippen molar-refractivity contribution < 1.29 is 32.6 Å². The number of nitrogens with zero attached hydrogens (tertiary/aromatic N) is 1. The SMILES string of the molecule is COC(c1cccc(-c2csc(NC(=O)c3cc(F)c(/C=C(\C)C(=O)O)c(F)c3)n2)c1F)C(C)(C)C. The average molecular weight is 519 g/mol. The van der Waals surface area contributed by atoms with Crippen molar-refractivity contribution in [2.45, 2.75) is 33.8 Å². The third-order valence-corrected chi connectivity index (χ3v) is 6.13. The Kier molecular flexibility index (Phi) is 8.00. The topological polar surface area (TPSA) is 88.5 Å². The molecular formula is C26H25F3N2O4S. The number of benzene rings is 2. The van der Waals surface area contributed by atoms with Crippen molar-refractivity contribution in [2.24, 2.45) is 5.41 Å². The molecule has 0 saturated heterocycles. The summed E-state index contributed by atoms with van der Waals surface area (Å²) < 4.78 is 49.7. The zero-order valence-corrected chi connectivity index (χ0v) is 21.1. The summed E-state index contributed by atoms with van der Waals surface area (Å²) in [5.41, 5.74) is -0.651. The van der Waals surface area contributed by atoms with Crippen LogP contribution in [0.2, 0.25) is 0 Å². The second-order valence-corrected chi connectivity index (χ2v) is 10.0. The van der Waals surface area contributed by atoms with E-state index in [9.17, 15) is 18.4 Å². The molecule has 1 heterocycles. The molecule has 10 heteroatoms. The van der Waals surface area contributed by atoms with Crippen molar-refractivity contribution in [3.63, 3.8) is 0 Å². The number of hydrogen-bond acceptors (Lipinski definition) is 5. The molecule has 0 aliphatic heterocycles. The number of amides is 1. The number of aromatic nitrogens is 1. The summed E-state index contributed by atoms with van der Waals surface area (Å²) in [6.07, 6.45) is 0.343. The molecule has 1 aromatic heterocycles.